The summed E-state index contributed by atoms with van der Waals surface area (Å²) < 4.78 is 0. The summed E-state index contributed by atoms with van der Waals surface area (Å²) in [7, 11) is 0. The molecule has 0 spiro atoms. The maximum atomic E-state index is 10.9. The molecular weight excluding hydrogens is 293 g/mol. The predicted octanol–water partition coefficient (Wildman–Crippen LogP) is 4.21. The lowest BCUT2D eigenvalue weighted by atomic mass is 9.98. The van der Waals surface area contributed by atoms with Crippen LogP contribution in [-0.2, 0) is 6.42 Å². The second-order valence-corrected chi connectivity index (χ2v) is 5.77. The number of hydrogen-bond acceptors (Lipinski definition) is 2. The molecule has 0 saturated carbocycles. The van der Waals surface area contributed by atoms with E-state index >= 15 is 0 Å². The molecule has 0 aliphatic carbocycles. The number of nitrogens with zero attached hydrogens (tertiary/aromatic N) is 1. The molecule has 0 saturated heterocycles. The van der Waals surface area contributed by atoms with Gasteiger partial charge in [0.25, 0.3) is 5.69 Å². The van der Waals surface area contributed by atoms with Crippen LogP contribution in [0.25, 0.3) is 0 Å². The summed E-state index contributed by atoms with van der Waals surface area (Å²) in [5.41, 5.74) is 0.834. The van der Waals surface area contributed by atoms with Crippen LogP contribution in [0.3, 0.4) is 0 Å². The number of nitro benzene ring substituents is 1. The van der Waals surface area contributed by atoms with Crippen LogP contribution >= 0.6 is 27.5 Å². The Morgan fingerprint density at radius 1 is 1.50 bits per heavy atom. The van der Waals surface area contributed by atoms with Crippen LogP contribution in [0.1, 0.15) is 19.4 Å². The van der Waals surface area contributed by atoms with Crippen LogP contribution < -0.4 is 0 Å². The minimum absolute atomic E-state index is 0.104. The van der Waals surface area contributed by atoms with Gasteiger partial charge in [-0.05, 0) is 18.4 Å². The van der Waals surface area contributed by atoms with Crippen LogP contribution in [0.2, 0.25) is 5.02 Å². The maximum Gasteiger partial charge on any atom is 0.274 e. The summed E-state index contributed by atoms with van der Waals surface area (Å²) >= 11 is 9.22. The van der Waals surface area contributed by atoms with Gasteiger partial charge in [-0.1, -0.05) is 47.4 Å². The van der Waals surface area contributed by atoms with E-state index in [1.54, 1.807) is 12.1 Å². The van der Waals surface area contributed by atoms with Gasteiger partial charge in [-0.25, -0.2) is 0 Å². The summed E-state index contributed by atoms with van der Waals surface area (Å²) in [6.07, 6.45) is 0.667. The fourth-order valence-corrected chi connectivity index (χ4v) is 1.74. The molecule has 16 heavy (non-hydrogen) atoms. The number of nitro groups is 1. The lowest BCUT2D eigenvalue weighted by Gasteiger charge is -2.13. The molecule has 5 heteroatoms. The normalized spacial score (nSPS) is 14.5. The van der Waals surface area contributed by atoms with E-state index in [4.69, 9.17) is 11.6 Å². The Bertz CT molecular complexity index is 396. The standard InChI is InChI=1S/C11H13BrClNO2/c1-7(8(2)12)5-9-3-4-10(13)6-11(9)14(15)16/h3-4,6-8H,5H2,1-2H3. The molecule has 2 unspecified atom stereocenters. The molecule has 0 heterocycles. The molecule has 0 aliphatic rings. The third kappa shape index (κ3) is 3.46. The van der Waals surface area contributed by atoms with E-state index in [0.29, 0.717) is 22.2 Å². The van der Waals surface area contributed by atoms with Gasteiger partial charge in [-0.15, -0.1) is 0 Å². The van der Waals surface area contributed by atoms with Crippen LogP contribution in [-0.4, -0.2) is 9.75 Å². The molecule has 0 aliphatic heterocycles. The summed E-state index contributed by atoms with van der Waals surface area (Å²) in [6, 6.07) is 4.82. The fraction of sp³-hybridized carbons (Fsp3) is 0.455. The van der Waals surface area contributed by atoms with E-state index < -0.39 is 0 Å². The molecule has 0 aromatic heterocycles. The monoisotopic (exact) mass is 305 g/mol. The smallest absolute Gasteiger partial charge is 0.258 e. The van der Waals surface area contributed by atoms with E-state index in [2.05, 4.69) is 22.9 Å². The molecule has 0 amide bonds. The van der Waals surface area contributed by atoms with Crippen molar-refractivity contribution < 1.29 is 4.92 Å². The molecule has 1 aromatic carbocycles. The summed E-state index contributed by atoms with van der Waals surface area (Å²) in [6.45, 7) is 4.09. The quantitative estimate of drug-likeness (QED) is 0.475. The van der Waals surface area contributed by atoms with Crippen molar-refractivity contribution in [2.24, 2.45) is 5.92 Å². The van der Waals surface area contributed by atoms with Gasteiger partial charge >= 0.3 is 0 Å². The minimum atomic E-state index is -0.382. The van der Waals surface area contributed by atoms with E-state index in [9.17, 15) is 10.1 Å². The Labute approximate surface area is 108 Å². The fourth-order valence-electron chi connectivity index (χ4n) is 1.39. The third-order valence-corrected chi connectivity index (χ3v) is 3.71. The van der Waals surface area contributed by atoms with E-state index in [-0.39, 0.29) is 10.6 Å². The first-order chi connectivity index (χ1) is 7.41. The summed E-state index contributed by atoms with van der Waals surface area (Å²) in [5.74, 6) is 0.333. The second kappa shape index (κ2) is 5.64. The molecule has 1 rings (SSSR count). The Balaban J connectivity index is 2.99. The van der Waals surface area contributed by atoms with Crippen molar-refractivity contribution in [2.45, 2.75) is 25.1 Å². The molecule has 1 aromatic rings. The largest absolute Gasteiger partial charge is 0.274 e. The van der Waals surface area contributed by atoms with Gasteiger partial charge < -0.3 is 0 Å². The van der Waals surface area contributed by atoms with Gasteiger partial charge in [0.2, 0.25) is 0 Å². The zero-order chi connectivity index (χ0) is 12.3. The van der Waals surface area contributed by atoms with Crippen molar-refractivity contribution >= 4 is 33.2 Å². The first kappa shape index (κ1) is 13.5. The molecule has 2 atom stereocenters. The molecule has 3 nitrogen and oxygen atoms in total. The van der Waals surface area contributed by atoms with Crippen LogP contribution in [0.5, 0.6) is 0 Å². The van der Waals surface area contributed by atoms with Crippen molar-refractivity contribution in [1.29, 1.82) is 0 Å². The second-order valence-electron chi connectivity index (χ2n) is 3.89. The topological polar surface area (TPSA) is 43.1 Å². The number of hydrogen-bond donors (Lipinski definition) is 0. The van der Waals surface area contributed by atoms with E-state index in [0.717, 1.165) is 5.56 Å². The summed E-state index contributed by atoms with van der Waals surface area (Å²) in [5, 5.41) is 11.3. The third-order valence-electron chi connectivity index (χ3n) is 2.57. The average Bonchev–Trinajstić information content (AvgIpc) is 2.20. The first-order valence-corrected chi connectivity index (χ1v) is 6.28. The van der Waals surface area contributed by atoms with E-state index in [1.807, 2.05) is 6.92 Å². The highest BCUT2D eigenvalue weighted by Crippen LogP contribution is 2.27. The highest BCUT2D eigenvalue weighted by molar-refractivity contribution is 9.09. The number of halogens is 2. The Kier molecular flexibility index (Phi) is 4.74. The molecule has 0 bridgehead atoms. The van der Waals surface area contributed by atoms with Gasteiger partial charge in [-0.3, -0.25) is 10.1 Å². The van der Waals surface area contributed by atoms with Crippen LogP contribution in [0.4, 0.5) is 5.69 Å². The van der Waals surface area contributed by atoms with Gasteiger partial charge in [0.05, 0.1) is 4.92 Å². The van der Waals surface area contributed by atoms with Gasteiger partial charge in [0.1, 0.15) is 0 Å². The van der Waals surface area contributed by atoms with Crippen LogP contribution in [0, 0.1) is 16.0 Å². The Morgan fingerprint density at radius 2 is 2.12 bits per heavy atom. The SMILES string of the molecule is CC(Br)C(C)Cc1ccc(Cl)cc1[N+](=O)[O-]. The maximum absolute atomic E-state index is 10.9. The van der Waals surface area contributed by atoms with Gasteiger partial charge in [0.15, 0.2) is 0 Å². The zero-order valence-corrected chi connectivity index (χ0v) is 11.5. The lowest BCUT2D eigenvalue weighted by molar-refractivity contribution is -0.385. The summed E-state index contributed by atoms with van der Waals surface area (Å²) in [4.78, 5) is 10.8. The van der Waals surface area contributed by atoms with Crippen molar-refractivity contribution in [1.82, 2.24) is 0 Å². The van der Waals surface area contributed by atoms with Crippen molar-refractivity contribution in [3.8, 4) is 0 Å². The molecule has 0 radical (unpaired) electrons. The van der Waals surface area contributed by atoms with Crippen molar-refractivity contribution in [2.75, 3.05) is 0 Å². The van der Waals surface area contributed by atoms with Crippen LogP contribution in [0.15, 0.2) is 18.2 Å². The highest BCUT2D eigenvalue weighted by atomic mass is 79.9. The Morgan fingerprint density at radius 3 is 2.62 bits per heavy atom. The van der Waals surface area contributed by atoms with Crippen molar-refractivity contribution in [3.05, 3.63) is 38.9 Å². The highest BCUT2D eigenvalue weighted by Gasteiger charge is 2.18. The number of alkyl halides is 1. The lowest BCUT2D eigenvalue weighted by Crippen LogP contribution is -2.10. The zero-order valence-electron chi connectivity index (χ0n) is 9.11. The predicted molar refractivity (Wildman–Crippen MR) is 69.4 cm³/mol. The number of benzene rings is 1. The average molecular weight is 307 g/mol. The molecular formula is C11H13BrClNO2. The van der Waals surface area contributed by atoms with Gasteiger partial charge in [0, 0.05) is 21.5 Å². The Hall–Kier alpha value is -0.610. The first-order valence-electron chi connectivity index (χ1n) is 4.98. The number of rotatable bonds is 4. The van der Waals surface area contributed by atoms with Crippen molar-refractivity contribution in [3.63, 3.8) is 0 Å². The molecule has 0 fully saturated rings. The van der Waals surface area contributed by atoms with E-state index in [1.165, 1.54) is 6.07 Å². The molecule has 88 valence electrons. The molecule has 0 N–H and O–H groups in total. The minimum Gasteiger partial charge on any atom is -0.258 e. The van der Waals surface area contributed by atoms with Gasteiger partial charge in [-0.2, -0.15) is 0 Å².